The number of anilines is 1. The minimum atomic E-state index is -0.759. The maximum atomic E-state index is 13.3. The summed E-state index contributed by atoms with van der Waals surface area (Å²) >= 11 is 2.26. The monoisotopic (exact) mass is 594 g/mol. The second-order valence-corrected chi connectivity index (χ2v) is 9.99. The molecule has 1 saturated heterocycles. The van der Waals surface area contributed by atoms with Crippen molar-refractivity contribution in [3.05, 3.63) is 97.1 Å². The van der Waals surface area contributed by atoms with E-state index >= 15 is 0 Å². The molecule has 0 unspecified atom stereocenters. The summed E-state index contributed by atoms with van der Waals surface area (Å²) in [6.45, 7) is 8.36. The number of carbonyl (C=O) groups excluding carboxylic acids is 3. The quantitative estimate of drug-likeness (QED) is 0.220. The Morgan fingerprint density at radius 3 is 2.33 bits per heavy atom. The minimum absolute atomic E-state index is 0.113. The number of carbonyl (C=O) groups is 3. The number of rotatable bonds is 6. The molecule has 184 valence electrons. The van der Waals surface area contributed by atoms with Gasteiger partial charge in [0.2, 0.25) is 0 Å². The van der Waals surface area contributed by atoms with Crippen molar-refractivity contribution < 1.29 is 19.1 Å². The van der Waals surface area contributed by atoms with Crippen molar-refractivity contribution in [1.29, 1.82) is 0 Å². The lowest BCUT2D eigenvalue weighted by Crippen LogP contribution is -2.54. The van der Waals surface area contributed by atoms with Crippen molar-refractivity contribution in [3.8, 4) is 5.75 Å². The first-order chi connectivity index (χ1) is 17.2. The molecular formula is C29H27IN2O4. The Kier molecular flexibility index (Phi) is 7.59. The van der Waals surface area contributed by atoms with Gasteiger partial charge >= 0.3 is 6.03 Å². The van der Waals surface area contributed by atoms with Crippen molar-refractivity contribution in [2.75, 3.05) is 11.5 Å². The van der Waals surface area contributed by atoms with Crippen LogP contribution in [0.2, 0.25) is 0 Å². The number of para-hydroxylation sites is 1. The third-order valence-electron chi connectivity index (χ3n) is 5.91. The predicted octanol–water partition coefficient (Wildman–Crippen LogP) is 5.87. The molecule has 0 aliphatic carbocycles. The first kappa shape index (κ1) is 25.6. The summed E-state index contributed by atoms with van der Waals surface area (Å²) in [6, 6.07) is 16.5. The molecule has 1 aliphatic heterocycles. The Morgan fingerprint density at radius 2 is 1.67 bits per heavy atom. The highest BCUT2D eigenvalue weighted by Gasteiger charge is 2.37. The molecule has 4 rings (SSSR count). The van der Waals surface area contributed by atoms with Gasteiger partial charge in [0.25, 0.3) is 11.8 Å². The van der Waals surface area contributed by atoms with Crippen LogP contribution in [-0.2, 0) is 16.0 Å². The number of nitrogens with one attached hydrogen (secondary N) is 1. The van der Waals surface area contributed by atoms with E-state index in [1.807, 2.05) is 25.1 Å². The van der Waals surface area contributed by atoms with Gasteiger partial charge in [0.1, 0.15) is 11.3 Å². The fraction of sp³-hybridized carbons (Fsp3) is 0.207. The Bertz CT molecular complexity index is 1390. The number of amides is 4. The molecule has 3 aromatic carbocycles. The molecule has 0 radical (unpaired) electrons. The zero-order valence-corrected chi connectivity index (χ0v) is 22.8. The number of aryl methyl sites for hydroxylation is 3. The van der Waals surface area contributed by atoms with Gasteiger partial charge in [0.15, 0.2) is 0 Å². The average molecular weight is 594 g/mol. The molecule has 0 spiro atoms. The number of imide groups is 2. The van der Waals surface area contributed by atoms with Crippen molar-refractivity contribution in [3.63, 3.8) is 0 Å². The Labute approximate surface area is 224 Å². The zero-order valence-electron chi connectivity index (χ0n) is 20.6. The molecule has 3 aromatic rings. The van der Waals surface area contributed by atoms with E-state index in [0.717, 1.165) is 19.6 Å². The summed E-state index contributed by atoms with van der Waals surface area (Å²) in [5, 5.41) is 2.29. The van der Waals surface area contributed by atoms with E-state index in [1.165, 1.54) is 22.8 Å². The maximum Gasteiger partial charge on any atom is 0.335 e. The van der Waals surface area contributed by atoms with Gasteiger partial charge < -0.3 is 4.74 Å². The van der Waals surface area contributed by atoms with Crippen LogP contribution in [0.3, 0.4) is 0 Å². The topological polar surface area (TPSA) is 75.7 Å². The standard InChI is InChI=1S/C29H27IN2O4/c1-5-36-26-16-21(15-24(30)22(26)13-20-11-17(2)10-18(3)12-20)14-23-27(33)31-29(35)32(28(23)34)25-9-7-6-8-19(25)4/h6-12,14-16H,5,13H2,1-4H3,(H,31,33,35)/b23-14+. The molecule has 7 heteroatoms. The Balaban J connectivity index is 1.74. The minimum Gasteiger partial charge on any atom is -0.494 e. The highest BCUT2D eigenvalue weighted by Crippen LogP contribution is 2.31. The summed E-state index contributed by atoms with van der Waals surface area (Å²) < 4.78 is 6.93. The van der Waals surface area contributed by atoms with E-state index in [1.54, 1.807) is 25.1 Å². The van der Waals surface area contributed by atoms with E-state index in [-0.39, 0.29) is 5.57 Å². The van der Waals surface area contributed by atoms with Gasteiger partial charge in [-0.15, -0.1) is 0 Å². The molecule has 4 amide bonds. The van der Waals surface area contributed by atoms with Crippen LogP contribution >= 0.6 is 22.6 Å². The summed E-state index contributed by atoms with van der Waals surface area (Å²) in [5.41, 5.74) is 6.35. The van der Waals surface area contributed by atoms with Crippen LogP contribution in [0.15, 0.2) is 60.2 Å². The number of benzene rings is 3. The van der Waals surface area contributed by atoms with Crippen LogP contribution in [0.25, 0.3) is 6.08 Å². The molecule has 1 fully saturated rings. The number of nitrogens with zero attached hydrogens (tertiary/aromatic N) is 1. The zero-order chi connectivity index (χ0) is 26.0. The highest BCUT2D eigenvalue weighted by atomic mass is 127. The van der Waals surface area contributed by atoms with Gasteiger partial charge in [0, 0.05) is 15.6 Å². The third kappa shape index (κ3) is 5.36. The molecular weight excluding hydrogens is 567 g/mol. The van der Waals surface area contributed by atoms with E-state index in [4.69, 9.17) is 4.74 Å². The Morgan fingerprint density at radius 1 is 0.972 bits per heavy atom. The van der Waals surface area contributed by atoms with E-state index in [9.17, 15) is 14.4 Å². The number of halogens is 1. The van der Waals surface area contributed by atoms with Crippen molar-refractivity contribution in [1.82, 2.24) is 5.32 Å². The molecule has 0 atom stereocenters. The molecule has 6 nitrogen and oxygen atoms in total. The van der Waals surface area contributed by atoms with Crippen LogP contribution in [-0.4, -0.2) is 24.5 Å². The van der Waals surface area contributed by atoms with Gasteiger partial charge in [-0.1, -0.05) is 47.5 Å². The molecule has 0 saturated carbocycles. The predicted molar refractivity (Wildman–Crippen MR) is 149 cm³/mol. The van der Waals surface area contributed by atoms with Crippen LogP contribution < -0.4 is 15.0 Å². The molecule has 1 heterocycles. The molecule has 1 aliphatic rings. The highest BCUT2D eigenvalue weighted by molar-refractivity contribution is 14.1. The fourth-order valence-corrected chi connectivity index (χ4v) is 5.22. The molecule has 0 bridgehead atoms. The van der Waals surface area contributed by atoms with Crippen molar-refractivity contribution in [2.45, 2.75) is 34.1 Å². The summed E-state index contributed by atoms with van der Waals surface area (Å²) in [5.74, 6) is -0.682. The number of ether oxygens (including phenoxy) is 1. The van der Waals surface area contributed by atoms with Crippen LogP contribution in [0, 0.1) is 24.3 Å². The van der Waals surface area contributed by atoms with Gasteiger partial charge in [-0.25, -0.2) is 9.69 Å². The van der Waals surface area contributed by atoms with E-state index in [0.29, 0.717) is 30.0 Å². The fourth-order valence-electron chi connectivity index (χ4n) is 4.40. The van der Waals surface area contributed by atoms with Crippen LogP contribution in [0.1, 0.15) is 40.3 Å². The second kappa shape index (κ2) is 10.7. The average Bonchev–Trinajstić information content (AvgIpc) is 2.79. The number of barbiturate groups is 1. The van der Waals surface area contributed by atoms with E-state index < -0.39 is 17.8 Å². The van der Waals surface area contributed by atoms with Gasteiger partial charge in [0.05, 0.1) is 12.3 Å². The lowest BCUT2D eigenvalue weighted by Gasteiger charge is -2.27. The summed E-state index contributed by atoms with van der Waals surface area (Å²) in [7, 11) is 0. The maximum absolute atomic E-state index is 13.3. The van der Waals surface area contributed by atoms with Crippen LogP contribution in [0.4, 0.5) is 10.5 Å². The number of hydrogen-bond acceptors (Lipinski definition) is 4. The SMILES string of the molecule is CCOc1cc(/C=C2\C(=O)NC(=O)N(c3ccccc3C)C2=O)cc(I)c1Cc1cc(C)cc(C)c1. The van der Waals surface area contributed by atoms with Gasteiger partial charge in [-0.3, -0.25) is 14.9 Å². The van der Waals surface area contributed by atoms with Gasteiger partial charge in [-0.2, -0.15) is 0 Å². The summed E-state index contributed by atoms with van der Waals surface area (Å²) in [4.78, 5) is 39.5. The molecule has 36 heavy (non-hydrogen) atoms. The normalized spacial score (nSPS) is 14.9. The molecule has 1 N–H and O–H groups in total. The number of hydrogen-bond donors (Lipinski definition) is 1. The van der Waals surface area contributed by atoms with Gasteiger partial charge in [-0.05, 0) is 91.3 Å². The largest absolute Gasteiger partial charge is 0.494 e. The number of urea groups is 1. The Hall–Kier alpha value is -3.46. The van der Waals surface area contributed by atoms with Crippen molar-refractivity contribution >= 4 is 52.2 Å². The smallest absolute Gasteiger partial charge is 0.335 e. The van der Waals surface area contributed by atoms with Crippen LogP contribution in [0.5, 0.6) is 5.75 Å². The first-order valence-corrected chi connectivity index (χ1v) is 12.7. The van der Waals surface area contributed by atoms with Crippen molar-refractivity contribution in [2.24, 2.45) is 0 Å². The third-order valence-corrected chi connectivity index (χ3v) is 6.87. The molecule has 0 aromatic heterocycles. The van der Waals surface area contributed by atoms with E-state index in [2.05, 4.69) is 60.0 Å². The summed E-state index contributed by atoms with van der Waals surface area (Å²) in [6.07, 6.45) is 2.21. The first-order valence-electron chi connectivity index (χ1n) is 11.7. The second-order valence-electron chi connectivity index (χ2n) is 8.83. The lowest BCUT2D eigenvalue weighted by atomic mass is 9.98. The lowest BCUT2D eigenvalue weighted by molar-refractivity contribution is -0.122.